The summed E-state index contributed by atoms with van der Waals surface area (Å²) in [6.45, 7) is 0.524. The molecule has 0 saturated carbocycles. The van der Waals surface area contributed by atoms with Crippen molar-refractivity contribution in [3.63, 3.8) is 0 Å². The van der Waals surface area contributed by atoms with Gasteiger partial charge in [0, 0.05) is 23.9 Å². The number of rotatable bonds is 8. The number of carbonyl (C=O) groups excluding carboxylic acids is 1. The SMILES string of the molecule is COc1ccccc1CNc1cnc(C(=O)Nc2ccc(OC)c(OC)c2)cn1. The quantitative estimate of drug-likeness (QED) is 0.605. The van der Waals surface area contributed by atoms with E-state index in [0.717, 1.165) is 11.3 Å². The number of anilines is 2. The molecule has 1 heterocycles. The smallest absolute Gasteiger partial charge is 0.275 e. The second kappa shape index (κ2) is 9.41. The molecule has 150 valence electrons. The third kappa shape index (κ3) is 4.92. The van der Waals surface area contributed by atoms with Crippen molar-refractivity contribution in [2.75, 3.05) is 32.0 Å². The molecule has 0 aliphatic heterocycles. The molecule has 1 aromatic heterocycles. The fourth-order valence-electron chi connectivity index (χ4n) is 2.68. The fourth-order valence-corrected chi connectivity index (χ4v) is 2.68. The van der Waals surface area contributed by atoms with Crippen LogP contribution in [-0.4, -0.2) is 37.2 Å². The van der Waals surface area contributed by atoms with Crippen LogP contribution in [0.2, 0.25) is 0 Å². The first-order chi connectivity index (χ1) is 14.1. The molecule has 8 heteroatoms. The van der Waals surface area contributed by atoms with E-state index in [-0.39, 0.29) is 11.6 Å². The van der Waals surface area contributed by atoms with Gasteiger partial charge in [0.2, 0.25) is 0 Å². The lowest BCUT2D eigenvalue weighted by molar-refractivity contribution is 0.102. The van der Waals surface area contributed by atoms with Crippen molar-refractivity contribution in [3.05, 3.63) is 66.1 Å². The van der Waals surface area contributed by atoms with Crippen molar-refractivity contribution >= 4 is 17.4 Å². The lowest BCUT2D eigenvalue weighted by atomic mass is 10.2. The molecule has 0 atom stereocenters. The molecule has 0 fully saturated rings. The van der Waals surface area contributed by atoms with E-state index < -0.39 is 0 Å². The molecule has 0 radical (unpaired) electrons. The van der Waals surface area contributed by atoms with Gasteiger partial charge in [0.1, 0.15) is 17.3 Å². The standard InChI is InChI=1S/C21H22N4O4/c1-27-17-7-5-4-6-14(17)11-23-20-13-22-16(12-24-20)21(26)25-15-8-9-18(28-2)19(10-15)29-3/h4-10,12-13H,11H2,1-3H3,(H,23,24)(H,25,26). The second-order valence-corrected chi connectivity index (χ2v) is 5.98. The van der Waals surface area contributed by atoms with Gasteiger partial charge >= 0.3 is 0 Å². The maximum absolute atomic E-state index is 12.4. The Morgan fingerprint density at radius 3 is 2.34 bits per heavy atom. The normalized spacial score (nSPS) is 10.2. The Balaban J connectivity index is 1.63. The molecule has 0 bridgehead atoms. The summed E-state index contributed by atoms with van der Waals surface area (Å²) in [5.41, 5.74) is 1.75. The van der Waals surface area contributed by atoms with Crippen molar-refractivity contribution < 1.29 is 19.0 Å². The van der Waals surface area contributed by atoms with Crippen LogP contribution in [0.4, 0.5) is 11.5 Å². The Morgan fingerprint density at radius 1 is 0.897 bits per heavy atom. The first-order valence-corrected chi connectivity index (χ1v) is 8.85. The van der Waals surface area contributed by atoms with Gasteiger partial charge in [-0.3, -0.25) is 4.79 Å². The molecule has 0 unspecified atom stereocenters. The zero-order chi connectivity index (χ0) is 20.6. The van der Waals surface area contributed by atoms with Gasteiger partial charge in [0.25, 0.3) is 5.91 Å². The van der Waals surface area contributed by atoms with Crippen LogP contribution in [0.3, 0.4) is 0 Å². The monoisotopic (exact) mass is 394 g/mol. The number of amides is 1. The topological polar surface area (TPSA) is 94.6 Å². The minimum absolute atomic E-state index is 0.197. The van der Waals surface area contributed by atoms with Crippen LogP contribution in [-0.2, 0) is 6.54 Å². The lowest BCUT2D eigenvalue weighted by Crippen LogP contribution is -2.14. The number of benzene rings is 2. The highest BCUT2D eigenvalue weighted by atomic mass is 16.5. The first kappa shape index (κ1) is 19.9. The van der Waals surface area contributed by atoms with E-state index in [1.807, 2.05) is 24.3 Å². The van der Waals surface area contributed by atoms with Gasteiger partial charge in [-0.25, -0.2) is 9.97 Å². The number of hydrogen-bond donors (Lipinski definition) is 2. The summed E-state index contributed by atoms with van der Waals surface area (Å²) in [6.07, 6.45) is 2.93. The Morgan fingerprint density at radius 2 is 1.66 bits per heavy atom. The molecule has 0 saturated heterocycles. The maximum atomic E-state index is 12.4. The highest BCUT2D eigenvalue weighted by molar-refractivity contribution is 6.02. The Labute approximate surface area is 168 Å². The second-order valence-electron chi connectivity index (χ2n) is 5.98. The summed E-state index contributed by atoms with van der Waals surface area (Å²) in [5, 5.41) is 5.93. The van der Waals surface area contributed by atoms with Crippen LogP contribution in [0.5, 0.6) is 17.2 Å². The third-order valence-electron chi connectivity index (χ3n) is 4.18. The molecule has 0 spiro atoms. The highest BCUT2D eigenvalue weighted by Crippen LogP contribution is 2.29. The minimum Gasteiger partial charge on any atom is -0.496 e. The van der Waals surface area contributed by atoms with Crippen molar-refractivity contribution in [3.8, 4) is 17.2 Å². The van der Waals surface area contributed by atoms with E-state index in [1.165, 1.54) is 19.5 Å². The molecule has 2 N–H and O–H groups in total. The summed E-state index contributed by atoms with van der Waals surface area (Å²) in [7, 11) is 4.71. The number of nitrogens with zero attached hydrogens (tertiary/aromatic N) is 2. The van der Waals surface area contributed by atoms with Crippen molar-refractivity contribution in [2.45, 2.75) is 6.54 Å². The van der Waals surface area contributed by atoms with E-state index in [2.05, 4.69) is 20.6 Å². The van der Waals surface area contributed by atoms with Crippen molar-refractivity contribution in [1.82, 2.24) is 9.97 Å². The number of para-hydroxylation sites is 1. The summed E-state index contributed by atoms with van der Waals surface area (Å²) in [6, 6.07) is 12.8. The number of methoxy groups -OCH3 is 3. The Kier molecular flexibility index (Phi) is 6.47. The Bertz CT molecular complexity index is 977. The van der Waals surface area contributed by atoms with Gasteiger partial charge in [-0.15, -0.1) is 0 Å². The number of aromatic nitrogens is 2. The van der Waals surface area contributed by atoms with Crippen LogP contribution in [0.25, 0.3) is 0 Å². The molecule has 2 aromatic carbocycles. The van der Waals surface area contributed by atoms with Crippen LogP contribution in [0.15, 0.2) is 54.9 Å². The van der Waals surface area contributed by atoms with Gasteiger partial charge in [-0.2, -0.15) is 0 Å². The van der Waals surface area contributed by atoms with Gasteiger partial charge in [-0.05, 0) is 18.2 Å². The van der Waals surface area contributed by atoms with Gasteiger partial charge in [0.05, 0.1) is 33.7 Å². The third-order valence-corrected chi connectivity index (χ3v) is 4.18. The zero-order valence-corrected chi connectivity index (χ0v) is 16.4. The number of ether oxygens (including phenoxy) is 3. The molecular weight excluding hydrogens is 372 g/mol. The van der Waals surface area contributed by atoms with E-state index in [0.29, 0.717) is 29.5 Å². The van der Waals surface area contributed by atoms with Crippen LogP contribution in [0.1, 0.15) is 16.1 Å². The van der Waals surface area contributed by atoms with E-state index in [9.17, 15) is 4.79 Å². The molecule has 0 aliphatic rings. The highest BCUT2D eigenvalue weighted by Gasteiger charge is 2.11. The van der Waals surface area contributed by atoms with E-state index in [4.69, 9.17) is 14.2 Å². The van der Waals surface area contributed by atoms with Crippen molar-refractivity contribution in [2.24, 2.45) is 0 Å². The van der Waals surface area contributed by atoms with Gasteiger partial charge in [0.15, 0.2) is 11.5 Å². The number of carbonyl (C=O) groups is 1. The van der Waals surface area contributed by atoms with Crippen LogP contribution >= 0.6 is 0 Å². The summed E-state index contributed by atoms with van der Waals surface area (Å²) >= 11 is 0. The maximum Gasteiger partial charge on any atom is 0.275 e. The van der Waals surface area contributed by atoms with E-state index in [1.54, 1.807) is 32.4 Å². The number of hydrogen-bond acceptors (Lipinski definition) is 7. The predicted molar refractivity (Wildman–Crippen MR) is 110 cm³/mol. The summed E-state index contributed by atoms with van der Waals surface area (Å²) in [4.78, 5) is 20.9. The molecular formula is C21H22N4O4. The molecule has 29 heavy (non-hydrogen) atoms. The summed E-state index contributed by atoms with van der Waals surface area (Å²) < 4.78 is 15.8. The molecule has 8 nitrogen and oxygen atoms in total. The molecule has 3 rings (SSSR count). The number of nitrogens with one attached hydrogen (secondary N) is 2. The van der Waals surface area contributed by atoms with E-state index >= 15 is 0 Å². The average Bonchev–Trinajstić information content (AvgIpc) is 2.78. The van der Waals surface area contributed by atoms with Crippen LogP contribution < -0.4 is 24.8 Å². The zero-order valence-electron chi connectivity index (χ0n) is 16.4. The minimum atomic E-state index is -0.374. The molecule has 1 amide bonds. The fraction of sp³-hybridized carbons (Fsp3) is 0.190. The van der Waals surface area contributed by atoms with Gasteiger partial charge < -0.3 is 24.8 Å². The lowest BCUT2D eigenvalue weighted by Gasteiger charge is -2.11. The predicted octanol–water partition coefficient (Wildman–Crippen LogP) is 3.37. The first-order valence-electron chi connectivity index (χ1n) is 8.85. The average molecular weight is 394 g/mol. The Hall–Kier alpha value is -3.81. The van der Waals surface area contributed by atoms with Gasteiger partial charge in [-0.1, -0.05) is 18.2 Å². The molecule has 0 aliphatic carbocycles. The van der Waals surface area contributed by atoms with Crippen LogP contribution in [0, 0.1) is 0 Å². The molecule has 3 aromatic rings. The summed E-state index contributed by atoms with van der Waals surface area (Å²) in [5.74, 6) is 2.07. The van der Waals surface area contributed by atoms with Crippen molar-refractivity contribution in [1.29, 1.82) is 0 Å². The largest absolute Gasteiger partial charge is 0.496 e.